The van der Waals surface area contributed by atoms with E-state index in [1.165, 1.54) is 37.7 Å². The fourth-order valence-corrected chi connectivity index (χ4v) is 4.64. The Kier molecular flexibility index (Phi) is 8.85. The fourth-order valence-electron chi connectivity index (χ4n) is 3.96. The molecule has 1 atom stereocenters. The van der Waals surface area contributed by atoms with Gasteiger partial charge in [-0.3, -0.25) is 19.5 Å². The van der Waals surface area contributed by atoms with E-state index in [2.05, 4.69) is 30.5 Å². The Morgan fingerprint density at radius 2 is 1.87 bits per heavy atom. The third kappa shape index (κ3) is 7.45. The quantitative estimate of drug-likeness (QED) is 0.372. The van der Waals surface area contributed by atoms with Gasteiger partial charge in [-0.15, -0.1) is 0 Å². The van der Waals surface area contributed by atoms with E-state index in [-0.39, 0.29) is 11.0 Å². The van der Waals surface area contributed by atoms with Crippen molar-refractivity contribution in [2.24, 2.45) is 0 Å². The number of thiazole rings is 1. The summed E-state index contributed by atoms with van der Waals surface area (Å²) in [5.41, 5.74) is 1.88. The Morgan fingerprint density at radius 1 is 1.08 bits per heavy atom. The lowest BCUT2D eigenvalue weighted by atomic mass is 9.97. The van der Waals surface area contributed by atoms with Gasteiger partial charge >= 0.3 is 6.18 Å². The number of anilines is 2. The standard InChI is InChI=1S/C26H27F3N6O2S/c1-17(24(37)34-25-32-15-21(38-25)26(27,28)29)18-7-5-8-19(13-18)20-14-31-22(16-30-20)33-23(36)9-6-12-35-10-3-2-4-11-35/h5-9,13-17H,2-4,10-12H2,1H3,(H,31,33,36)(H,32,34,37)/b9-6+. The molecule has 3 heterocycles. The van der Waals surface area contributed by atoms with E-state index < -0.39 is 22.9 Å². The monoisotopic (exact) mass is 544 g/mol. The number of aromatic nitrogens is 3. The van der Waals surface area contributed by atoms with E-state index in [0.29, 0.717) is 40.2 Å². The highest BCUT2D eigenvalue weighted by Crippen LogP contribution is 2.35. The Morgan fingerprint density at radius 3 is 2.55 bits per heavy atom. The largest absolute Gasteiger partial charge is 0.427 e. The summed E-state index contributed by atoms with van der Waals surface area (Å²) in [6, 6.07) is 7.06. The molecule has 12 heteroatoms. The molecule has 1 aliphatic rings. The molecule has 0 spiro atoms. The van der Waals surface area contributed by atoms with Gasteiger partial charge in [0.1, 0.15) is 4.88 Å². The van der Waals surface area contributed by atoms with Gasteiger partial charge < -0.3 is 10.6 Å². The Bertz CT molecular complexity index is 1290. The molecule has 3 aromatic rings. The van der Waals surface area contributed by atoms with E-state index >= 15 is 0 Å². The van der Waals surface area contributed by atoms with Gasteiger partial charge in [0.15, 0.2) is 10.9 Å². The molecule has 2 N–H and O–H groups in total. The number of nitrogens with zero attached hydrogens (tertiary/aromatic N) is 4. The number of carbonyl (C=O) groups is 2. The fraction of sp³-hybridized carbons (Fsp3) is 0.346. The predicted molar refractivity (Wildman–Crippen MR) is 140 cm³/mol. The molecule has 0 aliphatic carbocycles. The van der Waals surface area contributed by atoms with E-state index in [4.69, 9.17) is 0 Å². The molecule has 1 unspecified atom stereocenters. The maximum atomic E-state index is 12.8. The van der Waals surface area contributed by atoms with Crippen LogP contribution in [-0.4, -0.2) is 51.3 Å². The van der Waals surface area contributed by atoms with Crippen molar-refractivity contribution in [2.45, 2.75) is 38.3 Å². The van der Waals surface area contributed by atoms with Crippen LogP contribution in [0.25, 0.3) is 11.3 Å². The molecule has 38 heavy (non-hydrogen) atoms. The molecule has 1 aromatic carbocycles. The molecule has 1 fully saturated rings. The second-order valence-corrected chi connectivity index (χ2v) is 9.93. The van der Waals surface area contributed by atoms with Crippen LogP contribution in [0, 0.1) is 0 Å². The van der Waals surface area contributed by atoms with Gasteiger partial charge in [-0.1, -0.05) is 42.0 Å². The van der Waals surface area contributed by atoms with Crippen molar-refractivity contribution >= 4 is 34.1 Å². The highest BCUT2D eigenvalue weighted by Gasteiger charge is 2.33. The molecule has 2 amide bonds. The highest BCUT2D eigenvalue weighted by atomic mass is 32.1. The maximum absolute atomic E-state index is 12.8. The van der Waals surface area contributed by atoms with Crippen molar-refractivity contribution in [3.05, 3.63) is 65.4 Å². The summed E-state index contributed by atoms with van der Waals surface area (Å²) in [6.45, 7) is 4.50. The minimum Gasteiger partial charge on any atom is -0.306 e. The number of rotatable bonds is 8. The number of likely N-dealkylation sites (tertiary alicyclic amines) is 1. The van der Waals surface area contributed by atoms with Crippen LogP contribution in [0.2, 0.25) is 0 Å². The minimum atomic E-state index is -4.51. The number of alkyl halides is 3. The minimum absolute atomic E-state index is 0.116. The second-order valence-electron chi connectivity index (χ2n) is 8.90. The summed E-state index contributed by atoms with van der Waals surface area (Å²) in [7, 11) is 0. The highest BCUT2D eigenvalue weighted by molar-refractivity contribution is 7.15. The Labute approximate surface area is 222 Å². The predicted octanol–water partition coefficient (Wildman–Crippen LogP) is 5.34. The molecule has 200 valence electrons. The summed E-state index contributed by atoms with van der Waals surface area (Å²) in [5, 5.41) is 5.02. The summed E-state index contributed by atoms with van der Waals surface area (Å²) in [5.74, 6) is -1.11. The molecule has 1 aliphatic heterocycles. The summed E-state index contributed by atoms with van der Waals surface area (Å²) in [4.78, 5) is 38.5. The summed E-state index contributed by atoms with van der Waals surface area (Å²) < 4.78 is 38.4. The van der Waals surface area contributed by atoms with Gasteiger partial charge in [-0.25, -0.2) is 9.97 Å². The van der Waals surface area contributed by atoms with Gasteiger partial charge in [0.25, 0.3) is 0 Å². The van der Waals surface area contributed by atoms with Gasteiger partial charge in [-0.05, 0) is 44.5 Å². The van der Waals surface area contributed by atoms with Crippen molar-refractivity contribution < 1.29 is 22.8 Å². The van der Waals surface area contributed by atoms with Crippen LogP contribution in [0.15, 0.2) is 55.0 Å². The number of hydrogen-bond donors (Lipinski definition) is 2. The lowest BCUT2D eigenvalue weighted by molar-refractivity contribution is -0.134. The molecule has 0 radical (unpaired) electrons. The Hall–Kier alpha value is -3.64. The number of piperidine rings is 1. The van der Waals surface area contributed by atoms with Crippen LogP contribution in [0.3, 0.4) is 0 Å². The van der Waals surface area contributed by atoms with Crippen LogP contribution >= 0.6 is 11.3 Å². The van der Waals surface area contributed by atoms with E-state index in [1.54, 1.807) is 31.2 Å². The molecule has 0 bridgehead atoms. The number of nitrogens with one attached hydrogen (secondary N) is 2. The zero-order chi connectivity index (χ0) is 27.1. The van der Waals surface area contributed by atoms with Crippen LogP contribution in [0.1, 0.15) is 42.5 Å². The molecule has 0 saturated carbocycles. The molecular formula is C26H27F3N6O2S. The normalized spacial score (nSPS) is 15.4. The van der Waals surface area contributed by atoms with Crippen molar-refractivity contribution in [3.8, 4) is 11.3 Å². The van der Waals surface area contributed by atoms with Crippen molar-refractivity contribution in [3.63, 3.8) is 0 Å². The van der Waals surface area contributed by atoms with Gasteiger partial charge in [0, 0.05) is 18.2 Å². The third-order valence-electron chi connectivity index (χ3n) is 6.08. The van der Waals surface area contributed by atoms with Crippen LogP contribution in [0.5, 0.6) is 0 Å². The van der Waals surface area contributed by atoms with E-state index in [9.17, 15) is 22.8 Å². The van der Waals surface area contributed by atoms with Crippen LogP contribution < -0.4 is 10.6 Å². The average molecular weight is 545 g/mol. The second kappa shape index (κ2) is 12.3. The lowest BCUT2D eigenvalue weighted by Gasteiger charge is -2.24. The molecule has 4 rings (SSSR count). The number of hydrogen-bond acceptors (Lipinski definition) is 7. The number of amides is 2. The zero-order valence-corrected chi connectivity index (χ0v) is 21.5. The van der Waals surface area contributed by atoms with Crippen LogP contribution in [-0.2, 0) is 15.8 Å². The van der Waals surface area contributed by atoms with Crippen molar-refractivity contribution in [1.29, 1.82) is 0 Å². The van der Waals surface area contributed by atoms with E-state index in [1.807, 2.05) is 6.08 Å². The first-order valence-electron chi connectivity index (χ1n) is 12.1. The number of halogens is 3. The maximum Gasteiger partial charge on any atom is 0.427 e. The Balaban J connectivity index is 1.34. The van der Waals surface area contributed by atoms with Gasteiger partial charge in [0.2, 0.25) is 11.8 Å². The van der Waals surface area contributed by atoms with Crippen molar-refractivity contribution in [1.82, 2.24) is 19.9 Å². The first-order valence-corrected chi connectivity index (χ1v) is 13.0. The summed E-state index contributed by atoms with van der Waals surface area (Å²) >= 11 is 0.374. The topological polar surface area (TPSA) is 100 Å². The SMILES string of the molecule is CC(C(=O)Nc1ncc(C(F)(F)F)s1)c1cccc(-c2cnc(NC(=O)/C=C/CN3CCCCC3)cn2)c1. The van der Waals surface area contributed by atoms with Crippen LogP contribution in [0.4, 0.5) is 24.1 Å². The van der Waals surface area contributed by atoms with Gasteiger partial charge in [-0.2, -0.15) is 13.2 Å². The molecular weight excluding hydrogens is 517 g/mol. The summed E-state index contributed by atoms with van der Waals surface area (Å²) in [6.07, 6.45) is 6.14. The molecule has 1 saturated heterocycles. The number of carbonyl (C=O) groups excluding carboxylic acids is 2. The molecule has 2 aromatic heterocycles. The first-order chi connectivity index (χ1) is 18.2. The smallest absolute Gasteiger partial charge is 0.306 e. The third-order valence-corrected chi connectivity index (χ3v) is 7.03. The van der Waals surface area contributed by atoms with E-state index in [0.717, 1.165) is 19.6 Å². The first kappa shape index (κ1) is 27.4. The number of benzene rings is 1. The molecule has 8 nitrogen and oxygen atoms in total. The lowest BCUT2D eigenvalue weighted by Crippen LogP contribution is -2.29. The zero-order valence-electron chi connectivity index (χ0n) is 20.7. The van der Waals surface area contributed by atoms with Crippen molar-refractivity contribution in [2.75, 3.05) is 30.3 Å². The van der Waals surface area contributed by atoms with Gasteiger partial charge in [0.05, 0.1) is 30.2 Å². The average Bonchev–Trinajstić information content (AvgIpc) is 3.38.